The SMILES string of the molecule is COc1cc2occ(C)c2cc1/C(C)=C/C(=O)Nc1ccc(F)c(F)c1. The molecular formula is C20H17F2NO3. The predicted molar refractivity (Wildman–Crippen MR) is 96.1 cm³/mol. The highest BCUT2D eigenvalue weighted by atomic mass is 19.2. The summed E-state index contributed by atoms with van der Waals surface area (Å²) in [7, 11) is 1.54. The molecule has 3 rings (SSSR count). The van der Waals surface area contributed by atoms with E-state index in [-0.39, 0.29) is 5.69 Å². The first kappa shape index (κ1) is 17.7. The molecule has 0 spiro atoms. The van der Waals surface area contributed by atoms with Crippen molar-refractivity contribution in [2.75, 3.05) is 12.4 Å². The van der Waals surface area contributed by atoms with Crippen LogP contribution in [-0.2, 0) is 4.79 Å². The Kier molecular flexibility index (Phi) is 4.75. The smallest absolute Gasteiger partial charge is 0.248 e. The molecule has 0 fully saturated rings. The highest BCUT2D eigenvalue weighted by Crippen LogP contribution is 2.33. The molecule has 0 bridgehead atoms. The van der Waals surface area contributed by atoms with Crippen LogP contribution >= 0.6 is 0 Å². The molecule has 0 aliphatic carbocycles. The van der Waals surface area contributed by atoms with Crippen LogP contribution < -0.4 is 10.1 Å². The van der Waals surface area contributed by atoms with E-state index in [1.165, 1.54) is 19.3 Å². The second kappa shape index (κ2) is 7.00. The summed E-state index contributed by atoms with van der Waals surface area (Å²) in [6, 6.07) is 6.84. The second-order valence-electron chi connectivity index (χ2n) is 5.91. The van der Waals surface area contributed by atoms with E-state index in [0.29, 0.717) is 16.9 Å². The molecule has 1 aromatic heterocycles. The summed E-state index contributed by atoms with van der Waals surface area (Å²) in [5, 5.41) is 3.44. The fourth-order valence-electron chi connectivity index (χ4n) is 2.69. The van der Waals surface area contributed by atoms with Crippen LogP contribution in [-0.4, -0.2) is 13.0 Å². The monoisotopic (exact) mass is 357 g/mol. The van der Waals surface area contributed by atoms with Gasteiger partial charge < -0.3 is 14.5 Å². The van der Waals surface area contributed by atoms with Gasteiger partial charge in [0.05, 0.1) is 13.4 Å². The van der Waals surface area contributed by atoms with Gasteiger partial charge in [0.15, 0.2) is 11.6 Å². The van der Waals surface area contributed by atoms with E-state index in [0.717, 1.165) is 28.6 Å². The van der Waals surface area contributed by atoms with E-state index in [1.54, 1.807) is 19.3 Å². The number of rotatable bonds is 4. The number of furan rings is 1. The van der Waals surface area contributed by atoms with E-state index >= 15 is 0 Å². The molecular weight excluding hydrogens is 340 g/mol. The number of allylic oxidation sites excluding steroid dienone is 1. The average molecular weight is 357 g/mol. The fourth-order valence-corrected chi connectivity index (χ4v) is 2.69. The van der Waals surface area contributed by atoms with Crippen molar-refractivity contribution in [3.05, 3.63) is 65.4 Å². The number of halogens is 2. The van der Waals surface area contributed by atoms with Crippen molar-refractivity contribution in [3.63, 3.8) is 0 Å². The normalized spacial score (nSPS) is 11.7. The zero-order valence-corrected chi connectivity index (χ0v) is 14.5. The van der Waals surface area contributed by atoms with Crippen LogP contribution in [0, 0.1) is 18.6 Å². The van der Waals surface area contributed by atoms with Gasteiger partial charge in [-0.25, -0.2) is 8.78 Å². The fraction of sp³-hybridized carbons (Fsp3) is 0.150. The Labute approximate surface area is 149 Å². The maximum absolute atomic E-state index is 13.2. The molecule has 134 valence electrons. The standard InChI is InChI=1S/C20H17F2NO3/c1-11(6-20(24)23-13-4-5-16(21)17(22)7-13)14-8-15-12(2)10-26-19(15)9-18(14)25-3/h4-10H,1-3H3,(H,23,24)/b11-6+. The molecule has 2 aromatic carbocycles. The summed E-state index contributed by atoms with van der Waals surface area (Å²) < 4.78 is 37.1. The van der Waals surface area contributed by atoms with Gasteiger partial charge >= 0.3 is 0 Å². The van der Waals surface area contributed by atoms with Crippen molar-refractivity contribution >= 4 is 28.1 Å². The van der Waals surface area contributed by atoms with Crippen LogP contribution in [0.1, 0.15) is 18.1 Å². The lowest BCUT2D eigenvalue weighted by atomic mass is 10.0. The largest absolute Gasteiger partial charge is 0.496 e. The number of aryl methyl sites for hydroxylation is 1. The average Bonchev–Trinajstić information content (AvgIpc) is 2.97. The molecule has 4 nitrogen and oxygen atoms in total. The number of benzene rings is 2. The molecule has 1 N–H and O–H groups in total. The summed E-state index contributed by atoms with van der Waals surface area (Å²) in [6.07, 6.45) is 3.03. The van der Waals surface area contributed by atoms with Crippen LogP contribution in [0.2, 0.25) is 0 Å². The minimum Gasteiger partial charge on any atom is -0.496 e. The van der Waals surface area contributed by atoms with Gasteiger partial charge in [-0.15, -0.1) is 0 Å². The van der Waals surface area contributed by atoms with Crippen LogP contribution in [0.5, 0.6) is 5.75 Å². The number of anilines is 1. The molecule has 6 heteroatoms. The van der Waals surface area contributed by atoms with E-state index in [2.05, 4.69) is 5.32 Å². The van der Waals surface area contributed by atoms with Crippen molar-refractivity contribution < 1.29 is 22.7 Å². The molecule has 0 atom stereocenters. The quantitative estimate of drug-likeness (QED) is 0.663. The van der Waals surface area contributed by atoms with Gasteiger partial charge in [0.2, 0.25) is 5.91 Å². The number of fused-ring (bicyclic) bond motifs is 1. The Morgan fingerprint density at radius 3 is 2.65 bits per heavy atom. The van der Waals surface area contributed by atoms with Crippen molar-refractivity contribution in [2.24, 2.45) is 0 Å². The Balaban J connectivity index is 1.90. The number of hydrogen-bond donors (Lipinski definition) is 1. The van der Waals surface area contributed by atoms with Gasteiger partial charge in [-0.1, -0.05) is 0 Å². The minimum absolute atomic E-state index is 0.172. The number of methoxy groups -OCH3 is 1. The number of carbonyl (C=O) groups excluding carboxylic acids is 1. The summed E-state index contributed by atoms with van der Waals surface area (Å²) in [4.78, 5) is 12.2. The van der Waals surface area contributed by atoms with Gasteiger partial charge in [0.25, 0.3) is 0 Å². The summed E-state index contributed by atoms with van der Waals surface area (Å²) in [5.41, 5.74) is 3.24. The van der Waals surface area contributed by atoms with E-state index in [1.807, 2.05) is 13.0 Å². The third kappa shape index (κ3) is 3.44. The minimum atomic E-state index is -1.02. The molecule has 0 aliphatic rings. The maximum atomic E-state index is 13.2. The van der Waals surface area contributed by atoms with E-state index in [9.17, 15) is 13.6 Å². The molecule has 0 radical (unpaired) electrons. The number of nitrogens with one attached hydrogen (secondary N) is 1. The summed E-state index contributed by atoms with van der Waals surface area (Å²) >= 11 is 0. The highest BCUT2D eigenvalue weighted by molar-refractivity contribution is 6.04. The van der Waals surface area contributed by atoms with Crippen molar-refractivity contribution in [1.82, 2.24) is 0 Å². The van der Waals surface area contributed by atoms with E-state index in [4.69, 9.17) is 9.15 Å². The molecule has 0 saturated carbocycles. The molecule has 0 aliphatic heterocycles. The van der Waals surface area contributed by atoms with Gasteiger partial charge in [-0.05, 0) is 43.2 Å². The second-order valence-corrected chi connectivity index (χ2v) is 5.91. The van der Waals surface area contributed by atoms with Gasteiger partial charge in [-0.3, -0.25) is 4.79 Å². The van der Waals surface area contributed by atoms with Gasteiger partial charge in [-0.2, -0.15) is 0 Å². The zero-order valence-electron chi connectivity index (χ0n) is 14.5. The molecule has 1 amide bonds. The topological polar surface area (TPSA) is 51.5 Å². The lowest BCUT2D eigenvalue weighted by Gasteiger charge is -2.10. The zero-order chi connectivity index (χ0) is 18.8. The number of amides is 1. The lowest BCUT2D eigenvalue weighted by molar-refractivity contribution is -0.111. The van der Waals surface area contributed by atoms with Crippen LogP contribution in [0.4, 0.5) is 14.5 Å². The van der Waals surface area contributed by atoms with Crippen molar-refractivity contribution in [1.29, 1.82) is 0 Å². The first-order valence-electron chi connectivity index (χ1n) is 7.89. The number of hydrogen-bond acceptors (Lipinski definition) is 3. The highest BCUT2D eigenvalue weighted by Gasteiger charge is 2.12. The predicted octanol–water partition coefficient (Wildman–Crippen LogP) is 5.07. The number of ether oxygens (including phenoxy) is 1. The molecule has 0 saturated heterocycles. The molecule has 0 unspecified atom stereocenters. The van der Waals surface area contributed by atoms with Crippen molar-refractivity contribution in [3.8, 4) is 5.75 Å². The Bertz CT molecular complexity index is 1020. The first-order chi connectivity index (χ1) is 12.4. The Morgan fingerprint density at radius 1 is 1.19 bits per heavy atom. The van der Waals surface area contributed by atoms with Crippen LogP contribution in [0.15, 0.2) is 47.1 Å². The third-order valence-corrected chi connectivity index (χ3v) is 4.05. The Hall–Kier alpha value is -3.15. The van der Waals surface area contributed by atoms with Gasteiger partial charge in [0, 0.05) is 34.8 Å². The molecule has 1 heterocycles. The lowest BCUT2D eigenvalue weighted by Crippen LogP contribution is -2.09. The summed E-state index contributed by atoms with van der Waals surface area (Å²) in [6.45, 7) is 3.70. The number of carbonyl (C=O) groups is 1. The maximum Gasteiger partial charge on any atom is 0.248 e. The first-order valence-corrected chi connectivity index (χ1v) is 7.89. The summed E-state index contributed by atoms with van der Waals surface area (Å²) in [5.74, 6) is -1.88. The van der Waals surface area contributed by atoms with Gasteiger partial charge in [0.1, 0.15) is 11.3 Å². The van der Waals surface area contributed by atoms with Crippen molar-refractivity contribution in [2.45, 2.75) is 13.8 Å². The van der Waals surface area contributed by atoms with E-state index < -0.39 is 17.5 Å². The third-order valence-electron chi connectivity index (χ3n) is 4.05. The molecule has 26 heavy (non-hydrogen) atoms. The Morgan fingerprint density at radius 2 is 1.96 bits per heavy atom. The van der Waals surface area contributed by atoms with Crippen LogP contribution in [0.3, 0.4) is 0 Å². The van der Waals surface area contributed by atoms with Crippen LogP contribution in [0.25, 0.3) is 16.5 Å². The molecule has 3 aromatic rings.